The van der Waals surface area contributed by atoms with Gasteiger partial charge in [0.2, 0.25) is 5.96 Å². The summed E-state index contributed by atoms with van der Waals surface area (Å²) in [6.45, 7) is 0.488. The van der Waals surface area contributed by atoms with E-state index in [1.807, 2.05) is 48.7 Å². The average molecular weight is 443 g/mol. The van der Waals surface area contributed by atoms with Gasteiger partial charge in [-0.05, 0) is 54.4 Å². The highest BCUT2D eigenvalue weighted by molar-refractivity contribution is 6.10. The van der Waals surface area contributed by atoms with E-state index in [2.05, 4.69) is 26.7 Å². The van der Waals surface area contributed by atoms with Crippen LogP contribution < -0.4 is 20.1 Å². The zero-order valence-corrected chi connectivity index (χ0v) is 18.6. The predicted molar refractivity (Wildman–Crippen MR) is 131 cm³/mol. The topological polar surface area (TPSA) is 87.7 Å². The Kier molecular flexibility index (Phi) is 6.90. The number of aromatic amines is 1. The Morgan fingerprint density at radius 3 is 2.48 bits per heavy atom. The molecule has 4 aromatic rings. The lowest BCUT2D eigenvalue weighted by molar-refractivity contribution is 0.0977. The SMILES string of the molecule is COc1ccc(C(=O)NC(=NCCc2c[nH]c3ccccc23)Nc2ccccc2OC)cc1. The average Bonchev–Trinajstić information content (AvgIpc) is 3.27. The number of nitrogens with one attached hydrogen (secondary N) is 3. The summed E-state index contributed by atoms with van der Waals surface area (Å²) in [5, 5.41) is 7.26. The molecule has 0 spiro atoms. The second kappa shape index (κ2) is 10.4. The van der Waals surface area contributed by atoms with Crippen LogP contribution in [0.25, 0.3) is 10.9 Å². The molecule has 3 aromatic carbocycles. The number of ether oxygens (including phenoxy) is 2. The second-order valence-electron chi connectivity index (χ2n) is 7.35. The van der Waals surface area contributed by atoms with Gasteiger partial charge in [0.15, 0.2) is 0 Å². The van der Waals surface area contributed by atoms with Crippen LogP contribution in [-0.4, -0.2) is 37.6 Å². The number of H-pyrrole nitrogens is 1. The maximum absolute atomic E-state index is 12.9. The number of nitrogens with zero attached hydrogens (tertiary/aromatic N) is 1. The Hall–Kier alpha value is -4.26. The summed E-state index contributed by atoms with van der Waals surface area (Å²) in [5.41, 5.74) is 3.48. The molecule has 0 saturated heterocycles. The number of anilines is 1. The van der Waals surface area contributed by atoms with Crippen molar-refractivity contribution in [3.8, 4) is 11.5 Å². The molecular formula is C26H26N4O3. The highest BCUT2D eigenvalue weighted by Gasteiger charge is 2.12. The number of carbonyl (C=O) groups excluding carboxylic acids is 1. The Morgan fingerprint density at radius 2 is 1.70 bits per heavy atom. The minimum absolute atomic E-state index is 0.272. The van der Waals surface area contributed by atoms with Gasteiger partial charge in [0, 0.05) is 29.2 Å². The number of hydrogen-bond donors (Lipinski definition) is 3. The minimum Gasteiger partial charge on any atom is -0.497 e. The smallest absolute Gasteiger partial charge is 0.257 e. The first-order valence-corrected chi connectivity index (χ1v) is 10.6. The van der Waals surface area contributed by atoms with E-state index in [0.717, 1.165) is 11.9 Å². The van der Waals surface area contributed by atoms with Gasteiger partial charge in [0.25, 0.3) is 5.91 Å². The first-order chi connectivity index (χ1) is 16.2. The maximum Gasteiger partial charge on any atom is 0.257 e. The molecule has 0 aliphatic rings. The quantitative estimate of drug-likeness (QED) is 0.288. The van der Waals surface area contributed by atoms with E-state index in [1.165, 1.54) is 10.9 Å². The van der Waals surface area contributed by atoms with Crippen molar-refractivity contribution in [2.45, 2.75) is 6.42 Å². The van der Waals surface area contributed by atoms with E-state index < -0.39 is 0 Å². The number of guanidine groups is 1. The normalized spacial score (nSPS) is 11.3. The van der Waals surface area contributed by atoms with Crippen molar-refractivity contribution in [3.63, 3.8) is 0 Å². The number of carbonyl (C=O) groups is 1. The van der Waals surface area contributed by atoms with E-state index in [0.29, 0.717) is 35.3 Å². The largest absolute Gasteiger partial charge is 0.497 e. The first-order valence-electron chi connectivity index (χ1n) is 10.6. The highest BCUT2D eigenvalue weighted by Crippen LogP contribution is 2.23. The van der Waals surface area contributed by atoms with Gasteiger partial charge in [-0.3, -0.25) is 15.1 Å². The number of amides is 1. The molecule has 3 N–H and O–H groups in total. The van der Waals surface area contributed by atoms with E-state index in [-0.39, 0.29) is 5.91 Å². The van der Waals surface area contributed by atoms with Gasteiger partial charge in [-0.25, -0.2) is 0 Å². The molecule has 0 radical (unpaired) electrons. The summed E-state index contributed by atoms with van der Waals surface area (Å²) in [7, 11) is 3.19. The standard InChI is InChI=1S/C26H26N4O3/c1-32-20-13-11-18(12-14-20)25(31)30-26(29-23-9-5-6-10-24(23)33-2)27-16-15-19-17-28-22-8-4-3-7-21(19)22/h3-14,17,28H,15-16H2,1-2H3,(H2,27,29,30,31). The summed E-state index contributed by atoms with van der Waals surface area (Å²) >= 11 is 0. The van der Waals surface area contributed by atoms with Crippen LogP contribution in [0.3, 0.4) is 0 Å². The van der Waals surface area contributed by atoms with Crippen LogP contribution in [0.5, 0.6) is 11.5 Å². The molecule has 4 rings (SSSR count). The highest BCUT2D eigenvalue weighted by atomic mass is 16.5. The number of para-hydroxylation sites is 3. The molecule has 0 atom stereocenters. The van der Waals surface area contributed by atoms with Crippen LogP contribution in [0.4, 0.5) is 5.69 Å². The van der Waals surface area contributed by atoms with E-state index in [4.69, 9.17) is 9.47 Å². The fourth-order valence-electron chi connectivity index (χ4n) is 3.53. The molecule has 0 aliphatic heterocycles. The third-order valence-electron chi connectivity index (χ3n) is 5.27. The van der Waals surface area contributed by atoms with Gasteiger partial charge in [0.05, 0.1) is 19.9 Å². The van der Waals surface area contributed by atoms with Crippen molar-refractivity contribution in [3.05, 3.63) is 90.1 Å². The Bertz CT molecular complexity index is 1260. The second-order valence-corrected chi connectivity index (χ2v) is 7.35. The summed E-state index contributed by atoms with van der Waals surface area (Å²) < 4.78 is 10.6. The lowest BCUT2D eigenvalue weighted by Crippen LogP contribution is -2.36. The van der Waals surface area contributed by atoms with Crippen molar-refractivity contribution < 1.29 is 14.3 Å². The fraction of sp³-hybridized carbons (Fsp3) is 0.154. The molecule has 0 bridgehead atoms. The van der Waals surface area contributed by atoms with Crippen molar-refractivity contribution in [1.82, 2.24) is 10.3 Å². The number of aliphatic imine (C=N–C) groups is 1. The number of fused-ring (bicyclic) bond motifs is 1. The minimum atomic E-state index is -0.272. The van der Waals surface area contributed by atoms with Crippen LogP contribution in [-0.2, 0) is 6.42 Å². The number of rotatable bonds is 7. The van der Waals surface area contributed by atoms with Crippen molar-refractivity contribution in [1.29, 1.82) is 0 Å². The van der Waals surface area contributed by atoms with Crippen molar-refractivity contribution in [2.24, 2.45) is 4.99 Å². The van der Waals surface area contributed by atoms with Gasteiger partial charge in [-0.2, -0.15) is 0 Å². The zero-order valence-electron chi connectivity index (χ0n) is 18.6. The molecule has 0 fully saturated rings. The number of hydrogen-bond acceptors (Lipinski definition) is 4. The third kappa shape index (κ3) is 5.33. The molecule has 1 amide bonds. The molecule has 0 aliphatic carbocycles. The van der Waals surface area contributed by atoms with Crippen molar-refractivity contribution in [2.75, 3.05) is 26.1 Å². The van der Waals surface area contributed by atoms with E-state index in [1.54, 1.807) is 38.5 Å². The monoisotopic (exact) mass is 442 g/mol. The molecule has 33 heavy (non-hydrogen) atoms. The Balaban J connectivity index is 1.53. The van der Waals surface area contributed by atoms with Gasteiger partial charge in [0.1, 0.15) is 11.5 Å². The number of benzene rings is 3. The van der Waals surface area contributed by atoms with E-state index >= 15 is 0 Å². The van der Waals surface area contributed by atoms with Crippen LogP contribution >= 0.6 is 0 Å². The Morgan fingerprint density at radius 1 is 0.939 bits per heavy atom. The molecule has 168 valence electrons. The van der Waals surface area contributed by atoms with Crippen LogP contribution in [0.2, 0.25) is 0 Å². The van der Waals surface area contributed by atoms with Gasteiger partial charge >= 0.3 is 0 Å². The summed E-state index contributed by atoms with van der Waals surface area (Å²) in [5.74, 6) is 1.41. The molecule has 0 saturated carbocycles. The number of methoxy groups -OCH3 is 2. The summed E-state index contributed by atoms with van der Waals surface area (Å²) in [6, 6.07) is 22.6. The third-order valence-corrected chi connectivity index (χ3v) is 5.27. The molecular weight excluding hydrogens is 416 g/mol. The lowest BCUT2D eigenvalue weighted by Gasteiger charge is -2.14. The maximum atomic E-state index is 12.9. The summed E-state index contributed by atoms with van der Waals surface area (Å²) in [6.07, 6.45) is 2.73. The molecule has 1 aromatic heterocycles. The fourth-order valence-corrected chi connectivity index (χ4v) is 3.53. The predicted octanol–water partition coefficient (Wildman–Crippen LogP) is 4.63. The van der Waals surface area contributed by atoms with Crippen LogP contribution in [0, 0.1) is 0 Å². The first kappa shape index (κ1) is 22.0. The molecule has 7 heteroatoms. The Labute approximate surface area is 192 Å². The molecule has 0 unspecified atom stereocenters. The van der Waals surface area contributed by atoms with Crippen LogP contribution in [0.15, 0.2) is 84.0 Å². The summed E-state index contributed by atoms with van der Waals surface area (Å²) in [4.78, 5) is 20.8. The van der Waals surface area contributed by atoms with Crippen molar-refractivity contribution >= 4 is 28.5 Å². The van der Waals surface area contributed by atoms with Gasteiger partial charge in [-0.1, -0.05) is 30.3 Å². The zero-order chi connectivity index (χ0) is 23.0. The van der Waals surface area contributed by atoms with Gasteiger partial charge < -0.3 is 19.8 Å². The molecule has 7 nitrogen and oxygen atoms in total. The lowest BCUT2D eigenvalue weighted by atomic mass is 10.1. The molecule has 1 heterocycles. The van der Waals surface area contributed by atoms with Crippen LogP contribution in [0.1, 0.15) is 15.9 Å². The van der Waals surface area contributed by atoms with E-state index in [9.17, 15) is 4.79 Å². The number of aromatic nitrogens is 1. The van der Waals surface area contributed by atoms with Gasteiger partial charge in [-0.15, -0.1) is 0 Å².